The van der Waals surface area contributed by atoms with Gasteiger partial charge in [0.25, 0.3) is 0 Å². The summed E-state index contributed by atoms with van der Waals surface area (Å²) in [5.41, 5.74) is 4.45. The van der Waals surface area contributed by atoms with Gasteiger partial charge in [-0.1, -0.05) is 35.7 Å². The number of rotatable bonds is 9. The van der Waals surface area contributed by atoms with Crippen LogP contribution in [0.25, 0.3) is 11.0 Å². The molecule has 28 heavy (non-hydrogen) atoms. The van der Waals surface area contributed by atoms with E-state index < -0.39 is 0 Å². The Labute approximate surface area is 176 Å². The Morgan fingerprint density at radius 3 is 2.75 bits per heavy atom. The third-order valence-corrected chi connectivity index (χ3v) is 7.22. The van der Waals surface area contributed by atoms with E-state index >= 15 is 0 Å². The number of aromatic amines is 2. The average molecular weight is 429 g/mol. The van der Waals surface area contributed by atoms with Crippen LogP contribution in [0.2, 0.25) is 0 Å². The molecule has 2 N–H and O–H groups in total. The van der Waals surface area contributed by atoms with Gasteiger partial charge in [-0.2, -0.15) is 0 Å². The van der Waals surface area contributed by atoms with E-state index in [9.17, 15) is 0 Å². The number of pyridine rings is 1. The number of benzene rings is 1. The molecule has 9 heteroatoms. The van der Waals surface area contributed by atoms with Crippen LogP contribution >= 0.6 is 35.3 Å². The minimum absolute atomic E-state index is 0.806. The van der Waals surface area contributed by atoms with E-state index in [1.165, 1.54) is 10.5 Å². The maximum atomic E-state index is 4.63. The Balaban J connectivity index is 1.30. The lowest BCUT2D eigenvalue weighted by atomic mass is 10.2. The maximum Gasteiger partial charge on any atom is 0.208 e. The number of imidazole rings is 1. The van der Waals surface area contributed by atoms with Crippen molar-refractivity contribution in [1.82, 2.24) is 30.1 Å². The second-order valence-corrected chi connectivity index (χ2v) is 9.22. The SMILES string of the molecule is Cc1c(SCCCSc2nc[nH]n2)ccnc1CSc1nc2ccccc2[nH]1. The van der Waals surface area contributed by atoms with E-state index in [-0.39, 0.29) is 0 Å². The number of hydrogen-bond acceptors (Lipinski definition) is 7. The molecule has 0 amide bonds. The van der Waals surface area contributed by atoms with E-state index in [2.05, 4.69) is 43.1 Å². The molecule has 0 saturated heterocycles. The average Bonchev–Trinajstić information content (AvgIpc) is 3.37. The summed E-state index contributed by atoms with van der Waals surface area (Å²) in [5.74, 6) is 2.89. The number of para-hydroxylation sites is 2. The van der Waals surface area contributed by atoms with E-state index in [1.54, 1.807) is 29.9 Å². The van der Waals surface area contributed by atoms with Gasteiger partial charge >= 0.3 is 0 Å². The Kier molecular flexibility index (Phi) is 6.56. The molecule has 3 aromatic heterocycles. The molecule has 0 atom stereocenters. The summed E-state index contributed by atoms with van der Waals surface area (Å²) in [6.45, 7) is 2.16. The molecule has 4 rings (SSSR count). The normalized spacial score (nSPS) is 11.3. The lowest BCUT2D eigenvalue weighted by Crippen LogP contribution is -1.95. The summed E-state index contributed by atoms with van der Waals surface area (Å²) in [7, 11) is 0. The lowest BCUT2D eigenvalue weighted by molar-refractivity contribution is 0.969. The topological polar surface area (TPSA) is 83.1 Å². The van der Waals surface area contributed by atoms with E-state index in [1.807, 2.05) is 42.2 Å². The highest BCUT2D eigenvalue weighted by atomic mass is 32.2. The van der Waals surface area contributed by atoms with Gasteiger partial charge in [0.15, 0.2) is 5.16 Å². The lowest BCUT2D eigenvalue weighted by Gasteiger charge is -2.09. The monoisotopic (exact) mass is 428 g/mol. The predicted octanol–water partition coefficient (Wildman–Crippen LogP) is 4.95. The van der Waals surface area contributed by atoms with E-state index in [0.717, 1.165) is 50.7 Å². The molecule has 6 nitrogen and oxygen atoms in total. The van der Waals surface area contributed by atoms with Crippen molar-refractivity contribution in [2.45, 2.75) is 34.3 Å². The largest absolute Gasteiger partial charge is 0.333 e. The van der Waals surface area contributed by atoms with E-state index in [4.69, 9.17) is 0 Å². The van der Waals surface area contributed by atoms with Crippen molar-refractivity contribution >= 4 is 46.3 Å². The number of fused-ring (bicyclic) bond motifs is 1. The fourth-order valence-corrected chi connectivity index (χ4v) is 5.47. The van der Waals surface area contributed by atoms with Gasteiger partial charge in [0, 0.05) is 22.6 Å². The number of aromatic nitrogens is 6. The standard InChI is InChI=1S/C19H20N6S3/c1-13-16(11-28-19-23-14-5-2-3-6-15(14)24-19)20-8-7-17(13)26-9-4-10-27-18-21-12-22-25-18/h2-3,5-8,12H,4,9-11H2,1H3,(H,23,24)(H,21,22,25). The summed E-state index contributed by atoms with van der Waals surface area (Å²) in [6.07, 6.45) is 4.63. The molecule has 0 aliphatic carbocycles. The van der Waals surface area contributed by atoms with Gasteiger partial charge in [-0.05, 0) is 42.9 Å². The smallest absolute Gasteiger partial charge is 0.208 e. The van der Waals surface area contributed by atoms with Gasteiger partial charge in [-0.3, -0.25) is 10.1 Å². The third-order valence-electron chi connectivity index (χ3n) is 4.14. The molecule has 0 spiro atoms. The molecular weight excluding hydrogens is 408 g/mol. The molecule has 0 unspecified atom stereocenters. The molecule has 0 saturated carbocycles. The Bertz CT molecular complexity index is 998. The highest BCUT2D eigenvalue weighted by Crippen LogP contribution is 2.29. The quantitative estimate of drug-likeness (QED) is 0.288. The number of nitrogens with zero attached hydrogens (tertiary/aromatic N) is 4. The van der Waals surface area contributed by atoms with Crippen molar-refractivity contribution in [3.63, 3.8) is 0 Å². The van der Waals surface area contributed by atoms with Crippen molar-refractivity contribution in [2.75, 3.05) is 11.5 Å². The zero-order chi connectivity index (χ0) is 19.2. The Morgan fingerprint density at radius 1 is 1.00 bits per heavy atom. The molecule has 3 heterocycles. The summed E-state index contributed by atoms with van der Waals surface area (Å²) >= 11 is 5.27. The number of nitrogens with one attached hydrogen (secondary N) is 2. The number of thioether (sulfide) groups is 3. The maximum absolute atomic E-state index is 4.63. The van der Waals surface area contributed by atoms with Gasteiger partial charge in [0.05, 0.1) is 16.7 Å². The fraction of sp³-hybridized carbons (Fsp3) is 0.263. The second kappa shape index (κ2) is 9.49. The summed E-state index contributed by atoms with van der Waals surface area (Å²) in [5, 5.41) is 8.55. The molecule has 1 aromatic carbocycles. The highest BCUT2D eigenvalue weighted by Gasteiger charge is 2.09. The molecule has 144 valence electrons. The van der Waals surface area contributed by atoms with Crippen LogP contribution in [-0.4, -0.2) is 41.6 Å². The minimum atomic E-state index is 0.806. The van der Waals surface area contributed by atoms with Crippen LogP contribution in [0, 0.1) is 6.92 Å². The van der Waals surface area contributed by atoms with E-state index in [0.29, 0.717) is 0 Å². The fourth-order valence-electron chi connectivity index (χ4n) is 2.67. The number of H-pyrrole nitrogens is 2. The molecule has 0 bridgehead atoms. The second-order valence-electron chi connectivity index (χ2n) is 6.06. The zero-order valence-electron chi connectivity index (χ0n) is 15.4. The van der Waals surface area contributed by atoms with Gasteiger partial charge in [-0.15, -0.1) is 16.9 Å². The van der Waals surface area contributed by atoms with Crippen LogP contribution in [-0.2, 0) is 5.75 Å². The Hall–Kier alpha value is -1.97. The van der Waals surface area contributed by atoms with Crippen LogP contribution in [0.1, 0.15) is 17.7 Å². The van der Waals surface area contributed by atoms with Gasteiger partial charge in [0.2, 0.25) is 5.16 Å². The first-order valence-corrected chi connectivity index (χ1v) is 11.9. The minimum Gasteiger partial charge on any atom is -0.333 e. The molecule has 0 aliphatic heterocycles. The first kappa shape index (κ1) is 19.4. The zero-order valence-corrected chi connectivity index (χ0v) is 17.8. The third kappa shape index (κ3) is 4.89. The summed E-state index contributed by atoms with van der Waals surface area (Å²) in [4.78, 5) is 18.0. The van der Waals surface area contributed by atoms with Crippen LogP contribution in [0.4, 0.5) is 0 Å². The molecule has 0 aliphatic rings. The number of hydrogen-bond donors (Lipinski definition) is 2. The van der Waals surface area contributed by atoms with Crippen molar-refractivity contribution in [1.29, 1.82) is 0 Å². The van der Waals surface area contributed by atoms with Crippen LogP contribution < -0.4 is 0 Å². The molecular formula is C19H20N6S3. The molecule has 4 aromatic rings. The van der Waals surface area contributed by atoms with Crippen molar-refractivity contribution in [3.05, 3.63) is 54.1 Å². The van der Waals surface area contributed by atoms with Crippen LogP contribution in [0.3, 0.4) is 0 Å². The van der Waals surface area contributed by atoms with Gasteiger partial charge < -0.3 is 4.98 Å². The van der Waals surface area contributed by atoms with Gasteiger partial charge in [-0.25, -0.2) is 9.97 Å². The van der Waals surface area contributed by atoms with Crippen LogP contribution in [0.15, 0.2) is 58.1 Å². The van der Waals surface area contributed by atoms with Crippen molar-refractivity contribution in [2.24, 2.45) is 0 Å². The predicted molar refractivity (Wildman–Crippen MR) is 117 cm³/mol. The summed E-state index contributed by atoms with van der Waals surface area (Å²) in [6, 6.07) is 10.2. The molecule has 0 radical (unpaired) electrons. The highest BCUT2D eigenvalue weighted by molar-refractivity contribution is 8.00. The summed E-state index contributed by atoms with van der Waals surface area (Å²) < 4.78 is 0. The van der Waals surface area contributed by atoms with Crippen LogP contribution in [0.5, 0.6) is 0 Å². The first-order valence-electron chi connectivity index (χ1n) is 8.93. The molecule has 0 fully saturated rings. The Morgan fingerprint density at radius 2 is 1.89 bits per heavy atom. The first-order chi connectivity index (χ1) is 13.8. The van der Waals surface area contributed by atoms with Gasteiger partial charge in [0.1, 0.15) is 6.33 Å². The van der Waals surface area contributed by atoms with Crippen molar-refractivity contribution < 1.29 is 0 Å². The van der Waals surface area contributed by atoms with Crippen molar-refractivity contribution in [3.8, 4) is 0 Å².